The van der Waals surface area contributed by atoms with E-state index in [-0.39, 0.29) is 5.56 Å². The second-order valence-electron chi connectivity index (χ2n) is 4.33. The van der Waals surface area contributed by atoms with Crippen molar-refractivity contribution in [3.8, 4) is 11.3 Å². The maximum absolute atomic E-state index is 13.2. The number of hydrogen-bond donors (Lipinski definition) is 0. The van der Waals surface area contributed by atoms with Crippen LogP contribution in [0.2, 0.25) is 0 Å². The molecular weight excluding hydrogens is 250 g/mol. The Morgan fingerprint density at radius 1 is 1.26 bits per heavy atom. The lowest BCUT2D eigenvalue weighted by atomic mass is 10.1. The van der Waals surface area contributed by atoms with Crippen molar-refractivity contribution >= 4 is 6.29 Å². The highest BCUT2D eigenvalue weighted by molar-refractivity contribution is 5.85. The van der Waals surface area contributed by atoms with Crippen LogP contribution >= 0.6 is 0 Å². The van der Waals surface area contributed by atoms with Gasteiger partial charge in [-0.05, 0) is 18.6 Å². The van der Waals surface area contributed by atoms with E-state index in [1.807, 2.05) is 6.92 Å². The molecule has 0 radical (unpaired) electrons. The van der Waals surface area contributed by atoms with Gasteiger partial charge in [-0.15, -0.1) is 0 Å². The highest BCUT2D eigenvalue weighted by Crippen LogP contribution is 2.23. The molecule has 100 valence electrons. The molecule has 0 aliphatic heterocycles. The van der Waals surface area contributed by atoms with Crippen LogP contribution in [-0.2, 0) is 6.54 Å². The molecule has 0 fully saturated rings. The van der Waals surface area contributed by atoms with Crippen LogP contribution in [0.4, 0.5) is 8.78 Å². The van der Waals surface area contributed by atoms with Crippen LogP contribution in [0.1, 0.15) is 30.1 Å². The molecule has 0 aliphatic carbocycles. The third-order valence-electron chi connectivity index (χ3n) is 2.79. The highest BCUT2D eigenvalue weighted by Gasteiger charge is 2.12. The van der Waals surface area contributed by atoms with Crippen molar-refractivity contribution in [2.24, 2.45) is 0 Å². The number of hydrogen-bond acceptors (Lipinski definition) is 2. The molecule has 0 amide bonds. The minimum absolute atomic E-state index is 0.273. The summed E-state index contributed by atoms with van der Waals surface area (Å²) in [5.74, 6) is -1.37. The van der Waals surface area contributed by atoms with Gasteiger partial charge in [0.15, 0.2) is 6.29 Å². The third kappa shape index (κ3) is 3.05. The first-order valence-electron chi connectivity index (χ1n) is 6.13. The van der Waals surface area contributed by atoms with Gasteiger partial charge in [-0.2, -0.15) is 5.10 Å². The number of unbranched alkanes of at least 4 members (excludes halogenated alkanes) is 1. The topological polar surface area (TPSA) is 34.9 Å². The van der Waals surface area contributed by atoms with Gasteiger partial charge in [0.05, 0.1) is 5.56 Å². The molecule has 19 heavy (non-hydrogen) atoms. The van der Waals surface area contributed by atoms with E-state index in [0.717, 1.165) is 18.9 Å². The Morgan fingerprint density at radius 3 is 2.53 bits per heavy atom. The van der Waals surface area contributed by atoms with E-state index in [2.05, 4.69) is 5.10 Å². The summed E-state index contributed by atoms with van der Waals surface area (Å²) >= 11 is 0. The van der Waals surface area contributed by atoms with Crippen molar-refractivity contribution < 1.29 is 13.6 Å². The molecule has 1 heterocycles. The minimum atomic E-state index is -0.685. The molecule has 0 unspecified atom stereocenters. The molecule has 0 atom stereocenters. The highest BCUT2D eigenvalue weighted by atomic mass is 19.1. The number of aryl methyl sites for hydroxylation is 1. The predicted molar refractivity (Wildman–Crippen MR) is 67.9 cm³/mol. The molecular formula is C14H14F2N2O. The fourth-order valence-corrected chi connectivity index (χ4v) is 1.87. The Bertz CT molecular complexity index is 573. The lowest BCUT2D eigenvalue weighted by Crippen LogP contribution is -1.98. The maximum atomic E-state index is 13.2. The molecule has 1 aromatic carbocycles. The van der Waals surface area contributed by atoms with Gasteiger partial charge < -0.3 is 0 Å². The first-order valence-corrected chi connectivity index (χ1v) is 6.13. The predicted octanol–water partition coefficient (Wildman–Crippen LogP) is 3.44. The van der Waals surface area contributed by atoms with E-state index < -0.39 is 11.6 Å². The quantitative estimate of drug-likeness (QED) is 0.775. The fraction of sp³-hybridized carbons (Fsp3) is 0.286. The number of rotatable bonds is 5. The summed E-state index contributed by atoms with van der Waals surface area (Å²) < 4.78 is 28.0. The summed E-state index contributed by atoms with van der Waals surface area (Å²) in [6.45, 7) is 2.72. The van der Waals surface area contributed by atoms with Gasteiger partial charge in [-0.3, -0.25) is 9.48 Å². The number of nitrogens with zero attached hydrogens (tertiary/aromatic N) is 2. The van der Waals surface area contributed by atoms with Crippen LogP contribution in [-0.4, -0.2) is 16.1 Å². The van der Waals surface area contributed by atoms with E-state index in [1.54, 1.807) is 10.9 Å². The van der Waals surface area contributed by atoms with E-state index in [0.29, 0.717) is 24.1 Å². The molecule has 0 N–H and O–H groups in total. The number of halogens is 2. The molecule has 0 bridgehead atoms. The molecule has 3 nitrogen and oxygen atoms in total. The third-order valence-corrected chi connectivity index (χ3v) is 2.79. The smallest absolute Gasteiger partial charge is 0.153 e. The van der Waals surface area contributed by atoms with Crippen molar-refractivity contribution in [1.29, 1.82) is 0 Å². The zero-order chi connectivity index (χ0) is 13.8. The van der Waals surface area contributed by atoms with Crippen LogP contribution in [0.15, 0.2) is 24.4 Å². The monoisotopic (exact) mass is 264 g/mol. The standard InChI is InChI=1S/C14H14F2N2O/c1-2-3-4-18-8-11(9-19)14(17-18)10-5-12(15)7-13(16)6-10/h5-9H,2-4H2,1H3. The van der Waals surface area contributed by atoms with E-state index >= 15 is 0 Å². The molecule has 0 saturated carbocycles. The second kappa shape index (κ2) is 5.73. The normalized spacial score (nSPS) is 10.7. The maximum Gasteiger partial charge on any atom is 0.153 e. The van der Waals surface area contributed by atoms with Gasteiger partial charge >= 0.3 is 0 Å². The zero-order valence-corrected chi connectivity index (χ0v) is 10.6. The SMILES string of the molecule is CCCCn1cc(C=O)c(-c2cc(F)cc(F)c2)n1. The Morgan fingerprint density at radius 2 is 1.95 bits per heavy atom. The summed E-state index contributed by atoms with van der Waals surface area (Å²) in [6, 6.07) is 3.13. The zero-order valence-electron chi connectivity index (χ0n) is 10.6. The number of carbonyl (C=O) groups is 1. The Hall–Kier alpha value is -2.04. The number of aromatic nitrogens is 2. The Kier molecular flexibility index (Phi) is 4.04. The summed E-state index contributed by atoms with van der Waals surface area (Å²) in [5.41, 5.74) is 0.917. The van der Waals surface area contributed by atoms with Gasteiger partial charge in [0.25, 0.3) is 0 Å². The van der Waals surface area contributed by atoms with E-state index in [4.69, 9.17) is 0 Å². The van der Waals surface area contributed by atoms with Crippen molar-refractivity contribution in [2.45, 2.75) is 26.3 Å². The molecule has 0 spiro atoms. The summed E-state index contributed by atoms with van der Waals surface area (Å²) in [5, 5.41) is 4.22. The average Bonchev–Trinajstić information content (AvgIpc) is 2.78. The van der Waals surface area contributed by atoms with E-state index in [9.17, 15) is 13.6 Å². The lowest BCUT2D eigenvalue weighted by molar-refractivity contribution is 0.112. The molecule has 0 aliphatic rings. The van der Waals surface area contributed by atoms with Crippen molar-refractivity contribution in [2.75, 3.05) is 0 Å². The fourth-order valence-electron chi connectivity index (χ4n) is 1.87. The number of aldehydes is 1. The summed E-state index contributed by atoms with van der Waals surface area (Å²) in [7, 11) is 0. The number of benzene rings is 1. The molecule has 2 aromatic rings. The first-order chi connectivity index (χ1) is 9.13. The van der Waals surface area contributed by atoms with Gasteiger partial charge in [-0.25, -0.2) is 8.78 Å². The average molecular weight is 264 g/mol. The van der Waals surface area contributed by atoms with Crippen LogP contribution in [0.3, 0.4) is 0 Å². The van der Waals surface area contributed by atoms with Crippen molar-refractivity contribution in [1.82, 2.24) is 9.78 Å². The second-order valence-corrected chi connectivity index (χ2v) is 4.33. The molecule has 1 aromatic heterocycles. The van der Waals surface area contributed by atoms with Gasteiger partial charge in [0.2, 0.25) is 0 Å². The van der Waals surface area contributed by atoms with Crippen LogP contribution in [0.5, 0.6) is 0 Å². The van der Waals surface area contributed by atoms with Crippen LogP contribution in [0.25, 0.3) is 11.3 Å². The molecule has 5 heteroatoms. The van der Waals surface area contributed by atoms with Gasteiger partial charge in [0, 0.05) is 24.4 Å². The van der Waals surface area contributed by atoms with Crippen LogP contribution < -0.4 is 0 Å². The summed E-state index contributed by atoms with van der Waals surface area (Å²) in [4.78, 5) is 11.0. The Balaban J connectivity index is 2.42. The van der Waals surface area contributed by atoms with Gasteiger partial charge in [0.1, 0.15) is 17.3 Å². The lowest BCUT2D eigenvalue weighted by Gasteiger charge is -2.00. The minimum Gasteiger partial charge on any atom is -0.298 e. The first kappa shape index (κ1) is 13.4. The molecule has 0 saturated heterocycles. The molecule has 2 rings (SSSR count). The van der Waals surface area contributed by atoms with Crippen LogP contribution in [0, 0.1) is 11.6 Å². The summed E-state index contributed by atoms with van der Waals surface area (Å²) in [6.07, 6.45) is 4.17. The van der Waals surface area contributed by atoms with Crippen molar-refractivity contribution in [3.05, 3.63) is 41.6 Å². The number of carbonyl (C=O) groups excluding carboxylic acids is 1. The van der Waals surface area contributed by atoms with Gasteiger partial charge in [-0.1, -0.05) is 13.3 Å². The Labute approximate surface area is 109 Å². The van der Waals surface area contributed by atoms with E-state index in [1.165, 1.54) is 12.1 Å². The largest absolute Gasteiger partial charge is 0.298 e. The van der Waals surface area contributed by atoms with Crippen molar-refractivity contribution in [3.63, 3.8) is 0 Å².